The molecule has 4 heteroatoms. The van der Waals surface area contributed by atoms with E-state index in [1.807, 2.05) is 55.5 Å². The highest BCUT2D eigenvalue weighted by Crippen LogP contribution is 2.30. The van der Waals surface area contributed by atoms with E-state index in [1.165, 1.54) is 5.56 Å². The molecule has 2 aromatic carbocycles. The zero-order chi connectivity index (χ0) is 15.8. The Kier molecular flexibility index (Phi) is 3.23. The summed E-state index contributed by atoms with van der Waals surface area (Å²) in [5.74, 6) is 0.682. The van der Waals surface area contributed by atoms with Gasteiger partial charge in [-0.25, -0.2) is 4.98 Å². The van der Waals surface area contributed by atoms with Crippen LogP contribution in [0.4, 0.5) is 5.69 Å². The van der Waals surface area contributed by atoms with Gasteiger partial charge >= 0.3 is 0 Å². The number of anilines is 1. The van der Waals surface area contributed by atoms with Crippen molar-refractivity contribution < 1.29 is 9.21 Å². The third-order valence-electron chi connectivity index (χ3n) is 4.14. The number of hydrogen-bond donors (Lipinski definition) is 0. The summed E-state index contributed by atoms with van der Waals surface area (Å²) in [4.78, 5) is 19.1. The molecule has 1 aromatic heterocycles. The number of nitrogens with zero attached hydrogens (tertiary/aromatic N) is 2. The lowest BCUT2D eigenvalue weighted by Crippen LogP contribution is -2.29. The molecule has 2 heterocycles. The fourth-order valence-corrected chi connectivity index (χ4v) is 2.97. The molecule has 23 heavy (non-hydrogen) atoms. The second-order valence-electron chi connectivity index (χ2n) is 5.64. The topological polar surface area (TPSA) is 46.3 Å². The maximum atomic E-state index is 12.9. The SMILES string of the molecule is Cc1nc(-c2ccccc2)oc1C(=O)N1CCc2ccccc21. The molecule has 0 radical (unpaired) electrons. The van der Waals surface area contributed by atoms with Crippen molar-refractivity contribution in [2.24, 2.45) is 0 Å². The molecule has 4 rings (SSSR count). The molecule has 1 aliphatic heterocycles. The number of carbonyl (C=O) groups is 1. The average molecular weight is 304 g/mol. The van der Waals surface area contributed by atoms with Gasteiger partial charge in [-0.1, -0.05) is 36.4 Å². The largest absolute Gasteiger partial charge is 0.431 e. The normalized spacial score (nSPS) is 13.2. The Morgan fingerprint density at radius 3 is 2.65 bits per heavy atom. The van der Waals surface area contributed by atoms with Crippen LogP contribution in [0.15, 0.2) is 59.0 Å². The van der Waals surface area contributed by atoms with Crippen molar-refractivity contribution in [2.45, 2.75) is 13.3 Å². The van der Waals surface area contributed by atoms with Gasteiger partial charge in [0.25, 0.3) is 5.91 Å². The van der Waals surface area contributed by atoms with E-state index in [0.29, 0.717) is 23.9 Å². The van der Waals surface area contributed by atoms with Gasteiger partial charge in [0, 0.05) is 17.8 Å². The van der Waals surface area contributed by atoms with E-state index in [2.05, 4.69) is 11.1 Å². The quantitative estimate of drug-likeness (QED) is 0.722. The Bertz CT molecular complexity index is 868. The predicted molar refractivity (Wildman–Crippen MR) is 88.5 cm³/mol. The van der Waals surface area contributed by atoms with Crippen molar-refractivity contribution in [1.82, 2.24) is 4.98 Å². The van der Waals surface area contributed by atoms with Crippen LogP contribution in [0.5, 0.6) is 0 Å². The number of carbonyl (C=O) groups excluding carboxylic acids is 1. The number of hydrogen-bond acceptors (Lipinski definition) is 3. The molecule has 0 saturated heterocycles. The van der Waals surface area contributed by atoms with Crippen molar-refractivity contribution >= 4 is 11.6 Å². The molecule has 0 atom stereocenters. The Morgan fingerprint density at radius 2 is 1.83 bits per heavy atom. The molecule has 3 aromatic rings. The first-order chi connectivity index (χ1) is 11.2. The Balaban J connectivity index is 1.69. The van der Waals surface area contributed by atoms with E-state index in [0.717, 1.165) is 17.7 Å². The third kappa shape index (κ3) is 2.32. The lowest BCUT2D eigenvalue weighted by Gasteiger charge is -2.15. The van der Waals surface area contributed by atoms with E-state index in [-0.39, 0.29) is 5.91 Å². The summed E-state index contributed by atoms with van der Waals surface area (Å²) in [7, 11) is 0. The number of benzene rings is 2. The van der Waals surface area contributed by atoms with Crippen molar-refractivity contribution in [3.63, 3.8) is 0 Å². The number of amides is 1. The molecular formula is C19H16N2O2. The second kappa shape index (κ2) is 5.39. The minimum absolute atomic E-state index is 0.123. The Hall–Kier alpha value is -2.88. The first-order valence-electron chi connectivity index (χ1n) is 7.66. The fraction of sp³-hybridized carbons (Fsp3) is 0.158. The van der Waals surface area contributed by atoms with Crippen molar-refractivity contribution in [3.05, 3.63) is 71.6 Å². The molecule has 0 fully saturated rings. The zero-order valence-electron chi connectivity index (χ0n) is 12.8. The molecule has 0 saturated carbocycles. The average Bonchev–Trinajstić information content (AvgIpc) is 3.19. The van der Waals surface area contributed by atoms with E-state index < -0.39 is 0 Å². The van der Waals surface area contributed by atoms with E-state index in [4.69, 9.17) is 4.42 Å². The Morgan fingerprint density at radius 1 is 1.09 bits per heavy atom. The smallest absolute Gasteiger partial charge is 0.296 e. The van der Waals surface area contributed by atoms with E-state index in [1.54, 1.807) is 4.90 Å². The minimum atomic E-state index is -0.123. The van der Waals surface area contributed by atoms with Crippen LogP contribution < -0.4 is 4.90 Å². The van der Waals surface area contributed by atoms with Crippen LogP contribution in [-0.2, 0) is 6.42 Å². The highest BCUT2D eigenvalue weighted by Gasteiger charge is 2.29. The molecule has 0 unspecified atom stereocenters. The first kappa shape index (κ1) is 13.8. The maximum absolute atomic E-state index is 12.9. The molecule has 114 valence electrons. The molecule has 0 aliphatic carbocycles. The molecule has 0 bridgehead atoms. The zero-order valence-corrected chi connectivity index (χ0v) is 12.8. The van der Waals surface area contributed by atoms with Gasteiger partial charge in [-0.3, -0.25) is 4.79 Å². The molecule has 1 aliphatic rings. The standard InChI is InChI=1S/C19H16N2O2/c1-13-17(23-18(20-13)15-8-3-2-4-9-15)19(22)21-12-11-14-7-5-6-10-16(14)21/h2-10H,11-12H2,1H3. The van der Waals surface area contributed by atoms with Gasteiger partial charge in [-0.05, 0) is 37.1 Å². The van der Waals surface area contributed by atoms with E-state index >= 15 is 0 Å². The number of aryl methyl sites for hydroxylation is 1. The van der Waals surface area contributed by atoms with E-state index in [9.17, 15) is 4.79 Å². The number of fused-ring (bicyclic) bond motifs is 1. The maximum Gasteiger partial charge on any atom is 0.296 e. The van der Waals surface area contributed by atoms with Gasteiger partial charge < -0.3 is 9.32 Å². The third-order valence-corrected chi connectivity index (χ3v) is 4.14. The summed E-state index contributed by atoms with van der Waals surface area (Å²) in [5, 5.41) is 0. The number of aromatic nitrogens is 1. The lowest BCUT2D eigenvalue weighted by atomic mass is 10.2. The Labute approximate surface area is 134 Å². The molecule has 0 spiro atoms. The van der Waals surface area contributed by atoms with Crippen molar-refractivity contribution in [1.29, 1.82) is 0 Å². The van der Waals surface area contributed by atoms with Crippen molar-refractivity contribution in [2.75, 3.05) is 11.4 Å². The van der Waals surface area contributed by atoms with Crippen molar-refractivity contribution in [3.8, 4) is 11.5 Å². The van der Waals surface area contributed by atoms with Crippen LogP contribution in [0, 0.1) is 6.92 Å². The van der Waals surface area contributed by atoms with Gasteiger partial charge in [-0.2, -0.15) is 0 Å². The van der Waals surface area contributed by atoms with Gasteiger partial charge in [0.1, 0.15) is 0 Å². The summed E-state index contributed by atoms with van der Waals surface area (Å²) in [6.07, 6.45) is 0.876. The number of oxazole rings is 1. The molecule has 1 amide bonds. The highest BCUT2D eigenvalue weighted by molar-refractivity contribution is 6.06. The second-order valence-corrected chi connectivity index (χ2v) is 5.64. The molecule has 0 N–H and O–H groups in total. The monoisotopic (exact) mass is 304 g/mol. The van der Waals surface area contributed by atoms with Gasteiger partial charge in [0.05, 0.1) is 5.69 Å². The lowest BCUT2D eigenvalue weighted by molar-refractivity contribution is 0.0963. The summed E-state index contributed by atoms with van der Waals surface area (Å²) < 4.78 is 5.79. The van der Waals surface area contributed by atoms with Crippen LogP contribution in [0.3, 0.4) is 0 Å². The van der Waals surface area contributed by atoms with Gasteiger partial charge in [0.2, 0.25) is 11.7 Å². The first-order valence-corrected chi connectivity index (χ1v) is 7.66. The van der Waals surface area contributed by atoms with Crippen LogP contribution in [-0.4, -0.2) is 17.4 Å². The van der Waals surface area contributed by atoms with Crippen LogP contribution in [0.2, 0.25) is 0 Å². The summed E-state index contributed by atoms with van der Waals surface area (Å²) in [6.45, 7) is 2.49. The minimum Gasteiger partial charge on any atom is -0.431 e. The summed E-state index contributed by atoms with van der Waals surface area (Å²) in [5.41, 5.74) is 3.66. The molecular weight excluding hydrogens is 288 g/mol. The summed E-state index contributed by atoms with van der Waals surface area (Å²) in [6, 6.07) is 17.6. The summed E-state index contributed by atoms with van der Waals surface area (Å²) >= 11 is 0. The fourth-order valence-electron chi connectivity index (χ4n) is 2.97. The number of para-hydroxylation sites is 1. The number of rotatable bonds is 2. The van der Waals surface area contributed by atoms with Crippen LogP contribution >= 0.6 is 0 Å². The predicted octanol–water partition coefficient (Wildman–Crippen LogP) is 3.85. The van der Waals surface area contributed by atoms with Gasteiger partial charge in [0.15, 0.2) is 0 Å². The van der Waals surface area contributed by atoms with Crippen LogP contribution in [0.25, 0.3) is 11.5 Å². The molecule has 4 nitrogen and oxygen atoms in total. The highest BCUT2D eigenvalue weighted by atomic mass is 16.4. The van der Waals surface area contributed by atoms with Gasteiger partial charge in [-0.15, -0.1) is 0 Å². The van der Waals surface area contributed by atoms with Crippen LogP contribution in [0.1, 0.15) is 21.8 Å².